The van der Waals surface area contributed by atoms with Gasteiger partial charge >= 0.3 is 0 Å². The van der Waals surface area contributed by atoms with Crippen LogP contribution in [-0.4, -0.2) is 18.1 Å². The summed E-state index contributed by atoms with van der Waals surface area (Å²) in [6, 6.07) is 6.35. The Kier molecular flexibility index (Phi) is 3.20. The molecular weight excluding hydrogens is 251 g/mol. The molecule has 0 amide bonds. The fourth-order valence-electron chi connectivity index (χ4n) is 3.49. The molecule has 2 heterocycles. The molecular formula is C14H18ClFN2. The van der Waals surface area contributed by atoms with Crippen molar-refractivity contribution >= 4 is 17.3 Å². The Morgan fingerprint density at radius 3 is 2.50 bits per heavy atom. The number of halogens is 2. The van der Waals surface area contributed by atoms with Gasteiger partial charge in [-0.2, -0.15) is 0 Å². The van der Waals surface area contributed by atoms with Crippen LogP contribution in [0, 0.1) is 5.82 Å². The fourth-order valence-corrected chi connectivity index (χ4v) is 3.67. The molecule has 0 radical (unpaired) electrons. The van der Waals surface area contributed by atoms with Crippen LogP contribution in [0.15, 0.2) is 18.2 Å². The third-order valence-corrected chi connectivity index (χ3v) is 4.50. The van der Waals surface area contributed by atoms with Crippen LogP contribution in [0.5, 0.6) is 0 Å². The Labute approximate surface area is 112 Å². The zero-order valence-corrected chi connectivity index (χ0v) is 11.0. The van der Waals surface area contributed by atoms with Gasteiger partial charge in [-0.15, -0.1) is 0 Å². The van der Waals surface area contributed by atoms with Crippen molar-refractivity contribution in [1.82, 2.24) is 0 Å². The monoisotopic (exact) mass is 268 g/mol. The second-order valence-corrected chi connectivity index (χ2v) is 5.88. The Bertz CT molecular complexity index is 437. The van der Waals surface area contributed by atoms with Gasteiger partial charge in [-0.25, -0.2) is 4.39 Å². The Morgan fingerprint density at radius 2 is 1.89 bits per heavy atom. The Morgan fingerprint density at radius 1 is 1.22 bits per heavy atom. The summed E-state index contributed by atoms with van der Waals surface area (Å²) >= 11 is 5.89. The molecule has 2 bridgehead atoms. The van der Waals surface area contributed by atoms with Crippen molar-refractivity contribution in [2.45, 2.75) is 50.2 Å². The number of hydrogen-bond acceptors (Lipinski definition) is 2. The number of fused-ring (bicyclic) bond motifs is 2. The molecule has 98 valence electrons. The van der Waals surface area contributed by atoms with E-state index in [1.807, 2.05) is 6.07 Å². The number of rotatable bonds is 1. The molecule has 0 aliphatic carbocycles. The van der Waals surface area contributed by atoms with Crippen molar-refractivity contribution < 1.29 is 4.39 Å². The van der Waals surface area contributed by atoms with Crippen LogP contribution in [0.25, 0.3) is 0 Å². The molecule has 2 aliphatic rings. The summed E-state index contributed by atoms with van der Waals surface area (Å²) in [7, 11) is 0. The van der Waals surface area contributed by atoms with Crippen LogP contribution in [0.1, 0.15) is 32.1 Å². The second kappa shape index (κ2) is 4.71. The molecule has 2 unspecified atom stereocenters. The van der Waals surface area contributed by atoms with Crippen molar-refractivity contribution in [3.05, 3.63) is 29.0 Å². The highest BCUT2D eigenvalue weighted by molar-refractivity contribution is 6.31. The summed E-state index contributed by atoms with van der Waals surface area (Å²) < 4.78 is 13.2. The third kappa shape index (κ3) is 2.10. The zero-order chi connectivity index (χ0) is 12.7. The molecule has 1 aromatic carbocycles. The maximum atomic E-state index is 13.2. The first-order chi connectivity index (χ1) is 8.65. The first-order valence-electron chi connectivity index (χ1n) is 6.64. The van der Waals surface area contributed by atoms with E-state index < -0.39 is 0 Å². The number of anilines is 1. The van der Waals surface area contributed by atoms with Crippen LogP contribution in [-0.2, 0) is 0 Å². The lowest BCUT2D eigenvalue weighted by molar-refractivity contribution is 0.271. The van der Waals surface area contributed by atoms with Gasteiger partial charge in [0.15, 0.2) is 0 Å². The summed E-state index contributed by atoms with van der Waals surface area (Å²) in [4.78, 5) is 2.41. The minimum atomic E-state index is -0.348. The average molecular weight is 269 g/mol. The van der Waals surface area contributed by atoms with Crippen molar-refractivity contribution in [2.24, 2.45) is 5.73 Å². The lowest BCUT2D eigenvalue weighted by atomic mass is 9.81. The highest BCUT2D eigenvalue weighted by Gasteiger charge is 2.37. The van der Waals surface area contributed by atoms with E-state index in [-0.39, 0.29) is 10.8 Å². The van der Waals surface area contributed by atoms with Crippen molar-refractivity contribution in [3.63, 3.8) is 0 Å². The SMILES string of the molecule is NC1CC2CCCC(C1)N2c1ccc(F)c(Cl)c1. The Hall–Kier alpha value is -0.800. The van der Waals surface area contributed by atoms with E-state index in [1.54, 1.807) is 6.07 Å². The van der Waals surface area contributed by atoms with Gasteiger partial charge in [0.05, 0.1) is 5.02 Å². The quantitative estimate of drug-likeness (QED) is 0.847. The lowest BCUT2D eigenvalue weighted by Crippen LogP contribution is -2.55. The van der Waals surface area contributed by atoms with Gasteiger partial charge in [0, 0.05) is 23.8 Å². The molecule has 4 heteroatoms. The van der Waals surface area contributed by atoms with Gasteiger partial charge in [-0.05, 0) is 50.3 Å². The molecule has 2 aliphatic heterocycles. The third-order valence-electron chi connectivity index (χ3n) is 4.21. The topological polar surface area (TPSA) is 29.3 Å². The van der Waals surface area contributed by atoms with E-state index in [0.717, 1.165) is 18.5 Å². The van der Waals surface area contributed by atoms with E-state index >= 15 is 0 Å². The van der Waals surface area contributed by atoms with Gasteiger partial charge in [-0.3, -0.25) is 0 Å². The van der Waals surface area contributed by atoms with Crippen LogP contribution in [0.4, 0.5) is 10.1 Å². The van der Waals surface area contributed by atoms with Crippen molar-refractivity contribution in [1.29, 1.82) is 0 Å². The smallest absolute Gasteiger partial charge is 0.141 e. The zero-order valence-electron chi connectivity index (χ0n) is 10.3. The lowest BCUT2D eigenvalue weighted by Gasteiger charge is -2.49. The van der Waals surface area contributed by atoms with Gasteiger partial charge in [0.1, 0.15) is 5.82 Å². The molecule has 3 rings (SSSR count). The molecule has 0 saturated carbocycles. The maximum absolute atomic E-state index is 13.2. The summed E-state index contributed by atoms with van der Waals surface area (Å²) in [5.74, 6) is -0.348. The summed E-state index contributed by atoms with van der Waals surface area (Å²) in [5, 5.41) is 0.209. The van der Waals surface area contributed by atoms with Crippen LogP contribution in [0.3, 0.4) is 0 Å². The number of hydrogen-bond donors (Lipinski definition) is 1. The van der Waals surface area contributed by atoms with E-state index in [4.69, 9.17) is 17.3 Å². The first-order valence-corrected chi connectivity index (χ1v) is 7.02. The van der Waals surface area contributed by atoms with Gasteiger partial charge in [0.25, 0.3) is 0 Å². The second-order valence-electron chi connectivity index (χ2n) is 5.48. The maximum Gasteiger partial charge on any atom is 0.141 e. The molecule has 1 aromatic rings. The number of nitrogens with zero attached hydrogens (tertiary/aromatic N) is 1. The standard InChI is InChI=1S/C14H18ClFN2/c15-13-8-12(4-5-14(13)16)18-10-2-1-3-11(18)7-9(17)6-10/h4-5,8-11H,1-3,6-7,17H2. The molecule has 2 fully saturated rings. The fraction of sp³-hybridized carbons (Fsp3) is 0.571. The Balaban J connectivity index is 1.92. The predicted octanol–water partition coefficient (Wildman–Crippen LogP) is 3.33. The molecule has 18 heavy (non-hydrogen) atoms. The average Bonchev–Trinajstić information content (AvgIpc) is 2.32. The molecule has 0 aromatic heterocycles. The summed E-state index contributed by atoms with van der Waals surface area (Å²) in [5.41, 5.74) is 7.15. The first kappa shape index (κ1) is 12.2. The predicted molar refractivity (Wildman–Crippen MR) is 72.5 cm³/mol. The van der Waals surface area contributed by atoms with E-state index in [2.05, 4.69) is 4.90 Å². The number of piperidine rings is 2. The highest BCUT2D eigenvalue weighted by Crippen LogP contribution is 2.38. The van der Waals surface area contributed by atoms with E-state index in [0.29, 0.717) is 18.1 Å². The van der Waals surface area contributed by atoms with Crippen LogP contribution in [0.2, 0.25) is 5.02 Å². The van der Waals surface area contributed by atoms with E-state index in [1.165, 1.54) is 25.3 Å². The largest absolute Gasteiger partial charge is 0.365 e. The number of nitrogens with two attached hydrogens (primary N) is 1. The van der Waals surface area contributed by atoms with Gasteiger partial charge in [0.2, 0.25) is 0 Å². The van der Waals surface area contributed by atoms with Crippen molar-refractivity contribution in [3.8, 4) is 0 Å². The minimum absolute atomic E-state index is 0.209. The molecule has 2 saturated heterocycles. The number of benzene rings is 1. The van der Waals surface area contributed by atoms with Crippen LogP contribution < -0.4 is 10.6 Å². The normalized spacial score (nSPS) is 31.5. The van der Waals surface area contributed by atoms with Gasteiger partial charge < -0.3 is 10.6 Å². The summed E-state index contributed by atoms with van der Waals surface area (Å²) in [6.45, 7) is 0. The molecule has 0 spiro atoms. The van der Waals surface area contributed by atoms with Gasteiger partial charge in [-0.1, -0.05) is 11.6 Å². The highest BCUT2D eigenvalue weighted by atomic mass is 35.5. The van der Waals surface area contributed by atoms with E-state index in [9.17, 15) is 4.39 Å². The molecule has 2 N–H and O–H groups in total. The minimum Gasteiger partial charge on any atom is -0.365 e. The summed E-state index contributed by atoms with van der Waals surface area (Å²) in [6.07, 6.45) is 5.70. The molecule has 2 nitrogen and oxygen atoms in total. The van der Waals surface area contributed by atoms with Crippen LogP contribution >= 0.6 is 11.6 Å². The molecule has 2 atom stereocenters. The van der Waals surface area contributed by atoms with Crippen molar-refractivity contribution in [2.75, 3.05) is 4.90 Å².